The lowest BCUT2D eigenvalue weighted by Gasteiger charge is -2.42. The highest BCUT2D eigenvalue weighted by molar-refractivity contribution is 5.81. The fourth-order valence-electron chi connectivity index (χ4n) is 3.10. The van der Waals surface area contributed by atoms with Crippen LogP contribution in [0.25, 0.3) is 0 Å². The van der Waals surface area contributed by atoms with E-state index in [0.717, 1.165) is 19.6 Å². The molecule has 1 saturated carbocycles. The molecular formula is C13H25N3O. The van der Waals surface area contributed by atoms with Gasteiger partial charge in [0, 0.05) is 39.8 Å². The summed E-state index contributed by atoms with van der Waals surface area (Å²) in [6.45, 7) is 2.86. The van der Waals surface area contributed by atoms with E-state index in [1.165, 1.54) is 32.1 Å². The monoisotopic (exact) mass is 239 g/mol. The predicted molar refractivity (Wildman–Crippen MR) is 68.9 cm³/mol. The molecule has 1 heterocycles. The molecule has 1 aliphatic heterocycles. The summed E-state index contributed by atoms with van der Waals surface area (Å²) in [5, 5.41) is 3.35. The van der Waals surface area contributed by atoms with Gasteiger partial charge in [0.15, 0.2) is 0 Å². The van der Waals surface area contributed by atoms with Gasteiger partial charge in [-0.15, -0.1) is 0 Å². The third kappa shape index (κ3) is 2.99. The summed E-state index contributed by atoms with van der Waals surface area (Å²) in [4.78, 5) is 16.4. The van der Waals surface area contributed by atoms with Gasteiger partial charge in [-0.25, -0.2) is 0 Å². The van der Waals surface area contributed by atoms with Crippen LogP contribution in [0.1, 0.15) is 32.1 Å². The minimum absolute atomic E-state index is 0.0573. The number of rotatable bonds is 2. The molecule has 1 amide bonds. The van der Waals surface area contributed by atoms with E-state index in [-0.39, 0.29) is 11.9 Å². The van der Waals surface area contributed by atoms with Crippen molar-refractivity contribution in [3.63, 3.8) is 0 Å². The minimum atomic E-state index is 0.0573. The van der Waals surface area contributed by atoms with Gasteiger partial charge < -0.3 is 10.2 Å². The number of carbonyl (C=O) groups excluding carboxylic acids is 1. The fraction of sp³-hybridized carbons (Fsp3) is 0.923. The van der Waals surface area contributed by atoms with Crippen molar-refractivity contribution < 1.29 is 4.79 Å². The van der Waals surface area contributed by atoms with Crippen molar-refractivity contribution in [1.29, 1.82) is 0 Å². The van der Waals surface area contributed by atoms with Gasteiger partial charge in [0.1, 0.15) is 6.04 Å². The van der Waals surface area contributed by atoms with Crippen LogP contribution in [0.3, 0.4) is 0 Å². The van der Waals surface area contributed by atoms with Crippen LogP contribution in [0, 0.1) is 0 Å². The van der Waals surface area contributed by atoms with Crippen molar-refractivity contribution in [3.05, 3.63) is 0 Å². The van der Waals surface area contributed by atoms with Crippen molar-refractivity contribution >= 4 is 5.91 Å². The summed E-state index contributed by atoms with van der Waals surface area (Å²) in [7, 11) is 3.71. The molecular weight excluding hydrogens is 214 g/mol. The number of carbonyl (C=O) groups is 1. The average molecular weight is 239 g/mol. The largest absolute Gasteiger partial charge is 0.347 e. The zero-order valence-electron chi connectivity index (χ0n) is 11.1. The molecule has 4 heteroatoms. The molecule has 0 aromatic rings. The normalized spacial score (nSPS) is 28.0. The quantitative estimate of drug-likeness (QED) is 0.770. The first-order chi connectivity index (χ1) is 8.20. The molecule has 1 atom stereocenters. The number of nitrogens with one attached hydrogen (secondary N) is 1. The third-order valence-electron chi connectivity index (χ3n) is 4.05. The van der Waals surface area contributed by atoms with Crippen LogP contribution in [0.2, 0.25) is 0 Å². The summed E-state index contributed by atoms with van der Waals surface area (Å²) >= 11 is 0. The second kappa shape index (κ2) is 5.83. The summed E-state index contributed by atoms with van der Waals surface area (Å²) < 4.78 is 0. The highest BCUT2D eigenvalue weighted by Gasteiger charge is 2.34. The van der Waals surface area contributed by atoms with Gasteiger partial charge in [-0.2, -0.15) is 0 Å². The summed E-state index contributed by atoms with van der Waals surface area (Å²) in [6.07, 6.45) is 6.58. The van der Waals surface area contributed by atoms with Crippen LogP contribution in [-0.2, 0) is 4.79 Å². The topological polar surface area (TPSA) is 35.6 Å². The number of piperazine rings is 1. The Morgan fingerprint density at radius 3 is 2.59 bits per heavy atom. The van der Waals surface area contributed by atoms with Gasteiger partial charge in [-0.05, 0) is 12.8 Å². The molecule has 2 aliphatic rings. The molecule has 0 aromatic carbocycles. The molecule has 0 spiro atoms. The van der Waals surface area contributed by atoms with E-state index in [0.29, 0.717) is 6.04 Å². The molecule has 17 heavy (non-hydrogen) atoms. The lowest BCUT2D eigenvalue weighted by Crippen LogP contribution is -2.60. The first-order valence-corrected chi connectivity index (χ1v) is 6.88. The Morgan fingerprint density at radius 2 is 1.94 bits per heavy atom. The second-order valence-corrected chi connectivity index (χ2v) is 5.48. The molecule has 1 N–H and O–H groups in total. The number of likely N-dealkylation sites (N-methyl/N-ethyl adjacent to an activating group) is 1. The van der Waals surface area contributed by atoms with Crippen LogP contribution in [0.5, 0.6) is 0 Å². The van der Waals surface area contributed by atoms with Crippen LogP contribution in [0.15, 0.2) is 0 Å². The van der Waals surface area contributed by atoms with E-state index in [2.05, 4.69) is 10.2 Å². The first kappa shape index (κ1) is 12.8. The highest BCUT2D eigenvalue weighted by atomic mass is 16.2. The maximum absolute atomic E-state index is 12.2. The number of hydrogen-bond donors (Lipinski definition) is 1. The first-order valence-electron chi connectivity index (χ1n) is 6.88. The Hall–Kier alpha value is -0.610. The zero-order valence-corrected chi connectivity index (χ0v) is 11.1. The van der Waals surface area contributed by atoms with E-state index >= 15 is 0 Å². The second-order valence-electron chi connectivity index (χ2n) is 5.48. The Morgan fingerprint density at radius 1 is 1.24 bits per heavy atom. The summed E-state index contributed by atoms with van der Waals surface area (Å²) in [5.41, 5.74) is 0. The van der Waals surface area contributed by atoms with Crippen molar-refractivity contribution in [2.75, 3.05) is 33.7 Å². The van der Waals surface area contributed by atoms with E-state index in [9.17, 15) is 4.79 Å². The molecule has 1 unspecified atom stereocenters. The van der Waals surface area contributed by atoms with Gasteiger partial charge in [-0.3, -0.25) is 9.69 Å². The van der Waals surface area contributed by atoms with Crippen molar-refractivity contribution in [2.24, 2.45) is 0 Å². The average Bonchev–Trinajstić information content (AvgIpc) is 2.39. The maximum Gasteiger partial charge on any atom is 0.240 e. The molecule has 0 aromatic heterocycles. The van der Waals surface area contributed by atoms with Gasteiger partial charge >= 0.3 is 0 Å². The molecule has 2 rings (SSSR count). The smallest absolute Gasteiger partial charge is 0.240 e. The van der Waals surface area contributed by atoms with E-state index < -0.39 is 0 Å². The molecule has 98 valence electrons. The Kier molecular flexibility index (Phi) is 4.40. The van der Waals surface area contributed by atoms with Crippen LogP contribution >= 0.6 is 0 Å². The third-order valence-corrected chi connectivity index (χ3v) is 4.05. The minimum Gasteiger partial charge on any atom is -0.347 e. The fourth-order valence-corrected chi connectivity index (χ4v) is 3.10. The van der Waals surface area contributed by atoms with E-state index in [4.69, 9.17) is 0 Å². The van der Waals surface area contributed by atoms with Gasteiger partial charge in [0.25, 0.3) is 0 Å². The van der Waals surface area contributed by atoms with Crippen molar-refractivity contribution in [3.8, 4) is 0 Å². The molecule has 1 aliphatic carbocycles. The zero-order chi connectivity index (χ0) is 12.3. The molecule has 4 nitrogen and oxygen atoms in total. The number of amides is 1. The Bertz CT molecular complexity index is 261. The van der Waals surface area contributed by atoms with Gasteiger partial charge in [0.05, 0.1) is 0 Å². The highest BCUT2D eigenvalue weighted by Crippen LogP contribution is 2.25. The Labute approximate surface area is 104 Å². The molecule has 0 bridgehead atoms. The van der Waals surface area contributed by atoms with Crippen LogP contribution in [0.4, 0.5) is 0 Å². The Balaban J connectivity index is 2.03. The van der Waals surface area contributed by atoms with E-state index in [1.807, 2.05) is 14.1 Å². The van der Waals surface area contributed by atoms with Gasteiger partial charge in [-0.1, -0.05) is 19.3 Å². The number of nitrogens with zero attached hydrogens (tertiary/aromatic N) is 2. The van der Waals surface area contributed by atoms with Gasteiger partial charge in [0.2, 0.25) is 5.91 Å². The van der Waals surface area contributed by atoms with Crippen LogP contribution in [-0.4, -0.2) is 61.5 Å². The molecule has 2 fully saturated rings. The lowest BCUT2D eigenvalue weighted by atomic mass is 9.92. The number of hydrogen-bond acceptors (Lipinski definition) is 3. The molecule has 0 radical (unpaired) electrons. The summed E-state index contributed by atoms with van der Waals surface area (Å²) in [5.74, 6) is 0.253. The van der Waals surface area contributed by atoms with E-state index in [1.54, 1.807) is 4.90 Å². The molecule has 1 saturated heterocycles. The standard InChI is InChI=1S/C13H25N3O/c1-15(2)13(17)12-10-14-8-9-16(12)11-6-4-3-5-7-11/h11-12,14H,3-10H2,1-2H3. The SMILES string of the molecule is CN(C)C(=O)C1CNCCN1C1CCCCC1. The van der Waals surface area contributed by atoms with Crippen molar-refractivity contribution in [1.82, 2.24) is 15.1 Å². The van der Waals surface area contributed by atoms with Crippen LogP contribution < -0.4 is 5.32 Å². The predicted octanol–water partition coefficient (Wildman–Crippen LogP) is 0.681. The summed E-state index contributed by atoms with van der Waals surface area (Å²) in [6, 6.07) is 0.696. The maximum atomic E-state index is 12.2. The van der Waals surface area contributed by atoms with Crippen molar-refractivity contribution in [2.45, 2.75) is 44.2 Å². The lowest BCUT2D eigenvalue weighted by molar-refractivity contribution is -0.136.